The van der Waals surface area contributed by atoms with Crippen LogP contribution in [0.2, 0.25) is 0 Å². The summed E-state index contributed by atoms with van der Waals surface area (Å²) < 4.78 is 0. The summed E-state index contributed by atoms with van der Waals surface area (Å²) in [4.78, 5) is 28.2. The lowest BCUT2D eigenvalue weighted by Gasteiger charge is -2.30. The molecule has 2 saturated carbocycles. The van der Waals surface area contributed by atoms with Crippen LogP contribution in [0.1, 0.15) is 69.4 Å². The number of hydrogen-bond donors (Lipinski definition) is 2. The largest absolute Gasteiger partial charge is 0.465 e. The Morgan fingerprint density at radius 2 is 1.50 bits per heavy atom. The average Bonchev–Trinajstić information content (AvgIpc) is 3.48. The molecule has 0 radical (unpaired) electrons. The van der Waals surface area contributed by atoms with Gasteiger partial charge >= 0.3 is 6.09 Å². The van der Waals surface area contributed by atoms with E-state index in [1.165, 1.54) is 38.5 Å². The number of nitrogens with one attached hydrogen (secondary N) is 1. The predicted molar refractivity (Wildman–Crippen MR) is 125 cm³/mol. The summed E-state index contributed by atoms with van der Waals surface area (Å²) in [6, 6.07) is 9.60. The van der Waals surface area contributed by atoms with Crippen LogP contribution in [0.5, 0.6) is 0 Å². The quantitative estimate of drug-likeness (QED) is 0.680. The molecule has 2 saturated heterocycles. The van der Waals surface area contributed by atoms with Crippen molar-refractivity contribution in [2.75, 3.05) is 32.7 Å². The molecule has 0 spiro atoms. The van der Waals surface area contributed by atoms with Crippen molar-refractivity contribution in [1.29, 1.82) is 0 Å². The summed E-state index contributed by atoms with van der Waals surface area (Å²) in [6.45, 7) is 4.74. The van der Waals surface area contributed by atoms with E-state index in [0.717, 1.165) is 57.5 Å². The topological polar surface area (TPSA) is 72.9 Å². The first-order valence-electron chi connectivity index (χ1n) is 12.7. The van der Waals surface area contributed by atoms with Gasteiger partial charge in [-0.3, -0.25) is 4.79 Å². The Balaban J connectivity index is 0.000000433. The normalized spacial score (nSPS) is 26.1. The molecule has 6 heteroatoms. The Hall–Kier alpha value is -2.08. The van der Waals surface area contributed by atoms with Gasteiger partial charge < -0.3 is 20.2 Å². The summed E-state index contributed by atoms with van der Waals surface area (Å²) in [5.41, 5.74) is 1.01. The molecule has 3 atom stereocenters. The fourth-order valence-corrected chi connectivity index (χ4v) is 5.72. The smallest absolute Gasteiger partial charge is 0.405 e. The van der Waals surface area contributed by atoms with Crippen LogP contribution in [0.25, 0.3) is 0 Å². The zero-order chi connectivity index (χ0) is 22.3. The van der Waals surface area contributed by atoms with Gasteiger partial charge in [-0.2, -0.15) is 0 Å². The van der Waals surface area contributed by atoms with E-state index >= 15 is 0 Å². The summed E-state index contributed by atoms with van der Waals surface area (Å²) in [5, 5.41) is 11.8. The maximum absolute atomic E-state index is 12.5. The first kappa shape index (κ1) is 23.1. The lowest BCUT2D eigenvalue weighted by molar-refractivity contribution is -0.137. The van der Waals surface area contributed by atoms with Crippen LogP contribution < -0.4 is 5.32 Å². The van der Waals surface area contributed by atoms with Crippen molar-refractivity contribution >= 4 is 12.0 Å². The third-order valence-electron chi connectivity index (χ3n) is 7.81. The fraction of sp³-hybridized carbons (Fsp3) is 0.692. The molecule has 2 amide bonds. The fourth-order valence-electron chi connectivity index (χ4n) is 5.72. The van der Waals surface area contributed by atoms with Gasteiger partial charge in [0.15, 0.2) is 0 Å². The van der Waals surface area contributed by atoms with Crippen LogP contribution >= 0.6 is 0 Å². The zero-order valence-electron chi connectivity index (χ0n) is 19.3. The van der Waals surface area contributed by atoms with Crippen molar-refractivity contribution < 1.29 is 14.7 Å². The molecular formula is C26H39N3O3. The van der Waals surface area contributed by atoms with Gasteiger partial charge in [0, 0.05) is 38.6 Å². The molecule has 1 aromatic rings. The van der Waals surface area contributed by atoms with Gasteiger partial charge in [0.1, 0.15) is 0 Å². The monoisotopic (exact) mass is 441 g/mol. The Bertz CT molecular complexity index is 726. The standard InChI is InChI=1S/C21H29N3O3.C5H10/c25-20(16-7-4-8-16)24-13-17-11-23(12-18(17)14-24)10-9-19(22-21(26)27)15-5-2-1-3-6-15;1-2-4-5-3-1/h1-3,5-6,16-19,22H,4,7-14H2,(H,26,27);1-5H2/t17-,18?,19?;/m0./s1. The van der Waals surface area contributed by atoms with E-state index in [1.54, 1.807) is 0 Å². The second kappa shape index (κ2) is 11.2. The number of fused-ring (bicyclic) bond motifs is 1. The van der Waals surface area contributed by atoms with Gasteiger partial charge in [-0.1, -0.05) is 68.9 Å². The van der Waals surface area contributed by atoms with Gasteiger partial charge in [-0.05, 0) is 36.7 Å². The number of carboxylic acid groups (broad SMARTS) is 1. The van der Waals surface area contributed by atoms with Crippen LogP contribution in [0.3, 0.4) is 0 Å². The van der Waals surface area contributed by atoms with Crippen LogP contribution in [0.15, 0.2) is 30.3 Å². The molecule has 2 N–H and O–H groups in total. The minimum Gasteiger partial charge on any atom is -0.465 e. The molecule has 4 aliphatic rings. The number of hydrogen-bond acceptors (Lipinski definition) is 3. The molecule has 32 heavy (non-hydrogen) atoms. The van der Waals surface area contributed by atoms with E-state index in [2.05, 4.69) is 15.1 Å². The van der Waals surface area contributed by atoms with Crippen LogP contribution in [-0.4, -0.2) is 59.6 Å². The first-order chi connectivity index (χ1) is 15.6. The number of rotatable bonds is 6. The molecule has 176 valence electrons. The molecule has 6 nitrogen and oxygen atoms in total. The molecular weight excluding hydrogens is 402 g/mol. The predicted octanol–water partition coefficient (Wildman–Crippen LogP) is 4.53. The number of carbonyl (C=O) groups excluding carboxylic acids is 1. The van der Waals surface area contributed by atoms with E-state index in [9.17, 15) is 9.59 Å². The molecule has 0 bridgehead atoms. The molecule has 0 aromatic heterocycles. The van der Waals surface area contributed by atoms with Crippen molar-refractivity contribution in [1.82, 2.24) is 15.1 Å². The minimum atomic E-state index is -0.979. The van der Waals surface area contributed by atoms with E-state index in [1.807, 2.05) is 30.3 Å². The molecule has 1 aromatic carbocycles. The summed E-state index contributed by atoms with van der Waals surface area (Å²) in [5.74, 6) is 1.85. The second-order valence-corrected chi connectivity index (χ2v) is 10.1. The van der Waals surface area contributed by atoms with Gasteiger partial charge in [-0.15, -0.1) is 0 Å². The third-order valence-corrected chi connectivity index (χ3v) is 7.81. The molecule has 4 fully saturated rings. The molecule has 5 rings (SSSR count). The molecule has 2 aliphatic carbocycles. The minimum absolute atomic E-state index is 0.180. The van der Waals surface area contributed by atoms with Crippen molar-refractivity contribution in [3.05, 3.63) is 35.9 Å². The highest BCUT2D eigenvalue weighted by atomic mass is 16.4. The molecule has 2 aliphatic heterocycles. The van der Waals surface area contributed by atoms with Crippen LogP contribution in [0.4, 0.5) is 4.79 Å². The first-order valence-corrected chi connectivity index (χ1v) is 12.7. The second-order valence-electron chi connectivity index (χ2n) is 10.1. The van der Waals surface area contributed by atoms with Gasteiger partial charge in [0.25, 0.3) is 0 Å². The Labute approximate surface area is 192 Å². The summed E-state index contributed by atoms with van der Waals surface area (Å²) in [6.07, 6.45) is 10.6. The maximum Gasteiger partial charge on any atom is 0.405 e. The van der Waals surface area contributed by atoms with Gasteiger partial charge in [-0.25, -0.2) is 4.79 Å². The Morgan fingerprint density at radius 3 is 2.00 bits per heavy atom. The highest BCUT2D eigenvalue weighted by Crippen LogP contribution is 2.35. The third kappa shape index (κ3) is 6.03. The van der Waals surface area contributed by atoms with Crippen molar-refractivity contribution in [2.45, 2.75) is 63.8 Å². The lowest BCUT2D eigenvalue weighted by Crippen LogP contribution is -2.39. The van der Waals surface area contributed by atoms with Gasteiger partial charge in [0.05, 0.1) is 6.04 Å². The van der Waals surface area contributed by atoms with E-state index in [-0.39, 0.29) is 6.04 Å². The highest BCUT2D eigenvalue weighted by Gasteiger charge is 2.43. The lowest BCUT2D eigenvalue weighted by atomic mass is 9.84. The van der Waals surface area contributed by atoms with Crippen molar-refractivity contribution in [2.24, 2.45) is 17.8 Å². The van der Waals surface area contributed by atoms with E-state index in [0.29, 0.717) is 23.7 Å². The summed E-state index contributed by atoms with van der Waals surface area (Å²) >= 11 is 0. The van der Waals surface area contributed by atoms with Crippen molar-refractivity contribution in [3.8, 4) is 0 Å². The SMILES string of the molecule is C1CCCC1.O=C(O)NC(CCN1CC2CN(C(=O)C3CCC3)C[C@@H]2C1)c1ccccc1. The number of benzene rings is 1. The average molecular weight is 442 g/mol. The Morgan fingerprint density at radius 1 is 0.906 bits per heavy atom. The zero-order valence-corrected chi connectivity index (χ0v) is 19.3. The number of amides is 2. The number of likely N-dealkylation sites (tertiary alicyclic amines) is 2. The highest BCUT2D eigenvalue weighted by molar-refractivity contribution is 5.80. The van der Waals surface area contributed by atoms with Crippen LogP contribution in [-0.2, 0) is 4.79 Å². The maximum atomic E-state index is 12.5. The van der Waals surface area contributed by atoms with Crippen LogP contribution in [0, 0.1) is 17.8 Å². The number of nitrogens with zero attached hydrogens (tertiary/aromatic N) is 2. The van der Waals surface area contributed by atoms with E-state index in [4.69, 9.17) is 5.11 Å². The Kier molecular flexibility index (Phi) is 8.06. The van der Waals surface area contributed by atoms with E-state index < -0.39 is 6.09 Å². The van der Waals surface area contributed by atoms with Gasteiger partial charge in [0.2, 0.25) is 5.91 Å². The molecule has 2 heterocycles. The molecule has 2 unspecified atom stereocenters. The van der Waals surface area contributed by atoms with Crippen molar-refractivity contribution in [3.63, 3.8) is 0 Å². The summed E-state index contributed by atoms with van der Waals surface area (Å²) in [7, 11) is 0. The number of carbonyl (C=O) groups is 2.